The van der Waals surface area contributed by atoms with Gasteiger partial charge in [-0.1, -0.05) is 36.4 Å². The van der Waals surface area contributed by atoms with Gasteiger partial charge in [0, 0.05) is 23.7 Å². The van der Waals surface area contributed by atoms with Crippen LogP contribution in [0.3, 0.4) is 0 Å². The minimum Gasteiger partial charge on any atom is -0.496 e. The zero-order valence-corrected chi connectivity index (χ0v) is 15.0. The van der Waals surface area contributed by atoms with Crippen molar-refractivity contribution in [2.24, 2.45) is 5.10 Å². The monoisotopic (exact) mass is 361 g/mol. The van der Waals surface area contributed by atoms with E-state index in [9.17, 15) is 9.59 Å². The standard InChI is InChI=1S/C21H19N3O3/c1-14(25)23-17-8-5-7-16(12-17)21(26)24-22-13-19-18-9-4-3-6-15(18)10-11-20(19)27-2/h3-13H,1-2H3,(H,23,25)(H,24,26). The van der Waals surface area contributed by atoms with Crippen LogP contribution in [-0.2, 0) is 4.79 Å². The summed E-state index contributed by atoms with van der Waals surface area (Å²) in [5.41, 5.74) is 4.23. The molecular formula is C21H19N3O3. The fourth-order valence-electron chi connectivity index (χ4n) is 2.75. The molecule has 0 fully saturated rings. The maximum Gasteiger partial charge on any atom is 0.271 e. The zero-order chi connectivity index (χ0) is 19.2. The van der Waals surface area contributed by atoms with Gasteiger partial charge in [-0.3, -0.25) is 9.59 Å². The van der Waals surface area contributed by atoms with Crippen molar-refractivity contribution in [3.8, 4) is 5.75 Å². The molecule has 0 saturated carbocycles. The van der Waals surface area contributed by atoms with Gasteiger partial charge in [-0.15, -0.1) is 0 Å². The summed E-state index contributed by atoms with van der Waals surface area (Å²) < 4.78 is 5.40. The van der Waals surface area contributed by atoms with E-state index >= 15 is 0 Å². The van der Waals surface area contributed by atoms with Gasteiger partial charge in [0.05, 0.1) is 13.3 Å². The Kier molecular flexibility index (Phi) is 5.47. The molecule has 0 radical (unpaired) electrons. The third-order valence-corrected chi connectivity index (χ3v) is 3.96. The summed E-state index contributed by atoms with van der Waals surface area (Å²) in [4.78, 5) is 23.5. The molecule has 6 nitrogen and oxygen atoms in total. The van der Waals surface area contributed by atoms with Gasteiger partial charge in [0.2, 0.25) is 5.91 Å². The molecule has 0 aliphatic heterocycles. The van der Waals surface area contributed by atoms with Crippen LogP contribution in [0.4, 0.5) is 5.69 Å². The lowest BCUT2D eigenvalue weighted by Crippen LogP contribution is -2.18. The van der Waals surface area contributed by atoms with Gasteiger partial charge >= 0.3 is 0 Å². The number of rotatable bonds is 5. The summed E-state index contributed by atoms with van der Waals surface area (Å²) in [6, 6.07) is 18.3. The molecule has 0 aliphatic rings. The van der Waals surface area contributed by atoms with Crippen LogP contribution < -0.4 is 15.5 Å². The molecule has 3 aromatic carbocycles. The summed E-state index contributed by atoms with van der Waals surface area (Å²) in [6.45, 7) is 1.41. The van der Waals surface area contributed by atoms with Crippen LogP contribution in [0.1, 0.15) is 22.8 Å². The van der Waals surface area contributed by atoms with Crippen molar-refractivity contribution in [1.29, 1.82) is 0 Å². The normalized spacial score (nSPS) is 10.7. The molecule has 3 rings (SSSR count). The number of amides is 2. The summed E-state index contributed by atoms with van der Waals surface area (Å²) in [5, 5.41) is 8.74. The van der Waals surface area contributed by atoms with Crippen LogP contribution in [0.2, 0.25) is 0 Å². The minimum atomic E-state index is -0.377. The molecule has 3 aromatic rings. The average molecular weight is 361 g/mol. The van der Waals surface area contributed by atoms with E-state index in [4.69, 9.17) is 4.74 Å². The second-order valence-electron chi connectivity index (χ2n) is 5.86. The Hall–Kier alpha value is -3.67. The first-order chi connectivity index (χ1) is 13.1. The van der Waals surface area contributed by atoms with Crippen molar-refractivity contribution in [1.82, 2.24) is 5.43 Å². The fraction of sp³-hybridized carbons (Fsp3) is 0.0952. The van der Waals surface area contributed by atoms with E-state index in [1.54, 1.807) is 37.6 Å². The van der Waals surface area contributed by atoms with Crippen LogP contribution in [0.15, 0.2) is 65.8 Å². The Bertz CT molecular complexity index is 1030. The zero-order valence-electron chi connectivity index (χ0n) is 15.0. The van der Waals surface area contributed by atoms with Crippen molar-refractivity contribution < 1.29 is 14.3 Å². The lowest BCUT2D eigenvalue weighted by molar-refractivity contribution is -0.114. The van der Waals surface area contributed by atoms with Gasteiger partial charge in [-0.25, -0.2) is 5.43 Å². The van der Waals surface area contributed by atoms with Crippen LogP contribution in [0.25, 0.3) is 10.8 Å². The molecule has 0 unspecified atom stereocenters. The number of methoxy groups -OCH3 is 1. The summed E-state index contributed by atoms with van der Waals surface area (Å²) in [6.07, 6.45) is 1.57. The molecule has 0 aromatic heterocycles. The molecule has 0 aliphatic carbocycles. The van der Waals surface area contributed by atoms with Crippen LogP contribution in [0.5, 0.6) is 5.75 Å². The summed E-state index contributed by atoms with van der Waals surface area (Å²) >= 11 is 0. The third-order valence-electron chi connectivity index (χ3n) is 3.96. The molecule has 0 heterocycles. The van der Waals surface area contributed by atoms with Gasteiger partial charge in [0.15, 0.2) is 0 Å². The van der Waals surface area contributed by atoms with Crippen molar-refractivity contribution in [2.45, 2.75) is 6.92 Å². The highest BCUT2D eigenvalue weighted by Gasteiger charge is 2.08. The number of hydrogen-bond acceptors (Lipinski definition) is 4. The number of ether oxygens (including phenoxy) is 1. The molecule has 0 saturated heterocycles. The van der Waals surface area contributed by atoms with E-state index < -0.39 is 0 Å². The van der Waals surface area contributed by atoms with E-state index in [0.29, 0.717) is 17.0 Å². The Balaban J connectivity index is 1.81. The number of carbonyl (C=O) groups excluding carboxylic acids is 2. The maximum atomic E-state index is 12.3. The van der Waals surface area contributed by atoms with E-state index in [1.165, 1.54) is 6.92 Å². The number of hydrogen-bond donors (Lipinski definition) is 2. The summed E-state index contributed by atoms with van der Waals surface area (Å²) in [5.74, 6) is 0.0886. The number of anilines is 1. The first-order valence-electron chi connectivity index (χ1n) is 8.35. The third kappa shape index (κ3) is 4.30. The van der Waals surface area contributed by atoms with E-state index in [0.717, 1.165) is 16.3 Å². The van der Waals surface area contributed by atoms with Gasteiger partial charge < -0.3 is 10.1 Å². The van der Waals surface area contributed by atoms with E-state index in [2.05, 4.69) is 15.8 Å². The van der Waals surface area contributed by atoms with Gasteiger partial charge in [-0.2, -0.15) is 5.10 Å². The number of benzene rings is 3. The van der Waals surface area contributed by atoms with Gasteiger partial charge in [-0.05, 0) is 35.0 Å². The van der Waals surface area contributed by atoms with E-state index in [-0.39, 0.29) is 11.8 Å². The second-order valence-corrected chi connectivity index (χ2v) is 5.86. The number of nitrogens with zero attached hydrogens (tertiary/aromatic N) is 1. The topological polar surface area (TPSA) is 79.8 Å². The molecule has 2 N–H and O–H groups in total. The van der Waals surface area contributed by atoms with Crippen molar-refractivity contribution in [3.63, 3.8) is 0 Å². The fourth-order valence-corrected chi connectivity index (χ4v) is 2.75. The number of hydrazone groups is 1. The van der Waals surface area contributed by atoms with Crippen LogP contribution in [-0.4, -0.2) is 25.1 Å². The van der Waals surface area contributed by atoms with E-state index in [1.807, 2.05) is 36.4 Å². The number of carbonyl (C=O) groups is 2. The molecule has 136 valence electrons. The quantitative estimate of drug-likeness (QED) is 0.538. The Morgan fingerprint density at radius 3 is 2.63 bits per heavy atom. The van der Waals surface area contributed by atoms with Crippen LogP contribution in [0, 0.1) is 0 Å². The maximum absolute atomic E-state index is 12.3. The smallest absolute Gasteiger partial charge is 0.271 e. The molecule has 0 atom stereocenters. The van der Waals surface area contributed by atoms with Crippen molar-refractivity contribution in [2.75, 3.05) is 12.4 Å². The van der Waals surface area contributed by atoms with Crippen molar-refractivity contribution in [3.05, 3.63) is 71.8 Å². The highest BCUT2D eigenvalue weighted by atomic mass is 16.5. The lowest BCUT2D eigenvalue weighted by Gasteiger charge is -2.08. The average Bonchev–Trinajstić information content (AvgIpc) is 2.67. The first-order valence-corrected chi connectivity index (χ1v) is 8.35. The largest absolute Gasteiger partial charge is 0.496 e. The Labute approximate surface area is 156 Å². The molecule has 0 bridgehead atoms. The molecule has 0 spiro atoms. The Morgan fingerprint density at radius 2 is 1.85 bits per heavy atom. The number of fused-ring (bicyclic) bond motifs is 1. The lowest BCUT2D eigenvalue weighted by atomic mass is 10.0. The highest BCUT2D eigenvalue weighted by Crippen LogP contribution is 2.26. The molecule has 2 amide bonds. The molecule has 27 heavy (non-hydrogen) atoms. The highest BCUT2D eigenvalue weighted by molar-refractivity contribution is 6.03. The minimum absolute atomic E-state index is 0.200. The number of nitrogens with one attached hydrogen (secondary N) is 2. The predicted octanol–water partition coefficient (Wildman–Crippen LogP) is 3.57. The Morgan fingerprint density at radius 1 is 1.04 bits per heavy atom. The second kappa shape index (κ2) is 8.14. The SMILES string of the molecule is COc1ccc2ccccc2c1C=NNC(=O)c1cccc(NC(C)=O)c1. The summed E-state index contributed by atoms with van der Waals surface area (Å²) in [7, 11) is 1.59. The molecular weight excluding hydrogens is 342 g/mol. The van der Waals surface area contributed by atoms with Gasteiger partial charge in [0.25, 0.3) is 5.91 Å². The van der Waals surface area contributed by atoms with Gasteiger partial charge in [0.1, 0.15) is 5.75 Å². The first kappa shape index (κ1) is 18.1. The van der Waals surface area contributed by atoms with Crippen LogP contribution >= 0.6 is 0 Å². The van der Waals surface area contributed by atoms with Crippen molar-refractivity contribution >= 4 is 34.5 Å². The predicted molar refractivity (Wildman–Crippen MR) is 106 cm³/mol. The molecule has 6 heteroatoms.